The largest absolute Gasteiger partial charge is 0.497 e. The Kier molecular flexibility index (Phi) is 5.43. The minimum atomic E-state index is -0.223. The minimum absolute atomic E-state index is 0.136. The molecule has 0 saturated carbocycles. The average molecular weight is 302 g/mol. The number of aliphatic hydroxyl groups excluding tert-OH is 1. The van der Waals surface area contributed by atoms with Gasteiger partial charge in [-0.25, -0.2) is 0 Å². The molecule has 1 aromatic rings. The molecule has 0 saturated heterocycles. The van der Waals surface area contributed by atoms with Crippen LogP contribution in [0.1, 0.15) is 25.8 Å². The van der Waals surface area contributed by atoms with Crippen molar-refractivity contribution in [2.24, 2.45) is 0 Å². The summed E-state index contributed by atoms with van der Waals surface area (Å²) in [5.41, 5.74) is 0.929. The number of methoxy groups -OCH3 is 1. The first kappa shape index (κ1) is 14.5. The summed E-state index contributed by atoms with van der Waals surface area (Å²) in [6, 6.07) is 5.90. The molecule has 17 heavy (non-hydrogen) atoms. The summed E-state index contributed by atoms with van der Waals surface area (Å²) in [7, 11) is 1.65. The van der Waals surface area contributed by atoms with Gasteiger partial charge in [-0.1, -0.05) is 28.9 Å². The van der Waals surface area contributed by atoms with Crippen LogP contribution in [0.25, 0.3) is 0 Å². The van der Waals surface area contributed by atoms with Gasteiger partial charge in [0.25, 0.3) is 0 Å². The summed E-state index contributed by atoms with van der Waals surface area (Å²) in [5.74, 6) is 0.834. The molecule has 0 fully saturated rings. The summed E-state index contributed by atoms with van der Waals surface area (Å²) < 4.78 is 6.16. The maximum absolute atomic E-state index is 9.32. The molecule has 3 nitrogen and oxygen atoms in total. The summed E-state index contributed by atoms with van der Waals surface area (Å²) in [6.07, 6.45) is 0.886. The van der Waals surface area contributed by atoms with Crippen LogP contribution in [0, 0.1) is 0 Å². The molecular formula is C13H20BrNO2. The predicted octanol–water partition coefficient (Wildman–Crippen LogP) is 2.71. The van der Waals surface area contributed by atoms with E-state index in [-0.39, 0.29) is 12.1 Å². The maximum atomic E-state index is 9.32. The highest BCUT2D eigenvalue weighted by Crippen LogP contribution is 2.23. The Morgan fingerprint density at radius 3 is 2.65 bits per heavy atom. The Morgan fingerprint density at radius 1 is 1.47 bits per heavy atom. The molecule has 0 heterocycles. The quantitative estimate of drug-likeness (QED) is 0.849. The van der Waals surface area contributed by atoms with Crippen molar-refractivity contribution in [3.63, 3.8) is 0 Å². The minimum Gasteiger partial charge on any atom is -0.497 e. The van der Waals surface area contributed by atoms with Crippen LogP contribution >= 0.6 is 15.9 Å². The molecule has 0 aliphatic heterocycles. The van der Waals surface area contributed by atoms with E-state index in [4.69, 9.17) is 4.74 Å². The van der Waals surface area contributed by atoms with Gasteiger partial charge >= 0.3 is 0 Å². The van der Waals surface area contributed by atoms with Crippen molar-refractivity contribution in [1.29, 1.82) is 0 Å². The molecule has 1 aromatic carbocycles. The standard InChI is InChI=1S/C13H20BrNO2/c1-4-13(2,9-16)15-8-10-5-6-11(17-3)7-12(10)14/h5-7,15-16H,4,8-9H2,1-3H3. The molecule has 0 aromatic heterocycles. The smallest absolute Gasteiger partial charge is 0.120 e. The van der Waals surface area contributed by atoms with E-state index in [9.17, 15) is 5.11 Å². The van der Waals surface area contributed by atoms with Crippen molar-refractivity contribution in [2.75, 3.05) is 13.7 Å². The van der Waals surface area contributed by atoms with Gasteiger partial charge in [0, 0.05) is 16.6 Å². The van der Waals surface area contributed by atoms with E-state index in [1.165, 1.54) is 0 Å². The Balaban J connectivity index is 2.69. The van der Waals surface area contributed by atoms with Crippen LogP contribution in [0.15, 0.2) is 22.7 Å². The van der Waals surface area contributed by atoms with Crippen molar-refractivity contribution in [1.82, 2.24) is 5.32 Å². The topological polar surface area (TPSA) is 41.5 Å². The van der Waals surface area contributed by atoms with Gasteiger partial charge in [-0.3, -0.25) is 0 Å². The van der Waals surface area contributed by atoms with E-state index < -0.39 is 0 Å². The summed E-state index contributed by atoms with van der Waals surface area (Å²) in [4.78, 5) is 0. The first-order chi connectivity index (χ1) is 8.04. The number of hydrogen-bond acceptors (Lipinski definition) is 3. The third-order valence-electron chi connectivity index (χ3n) is 3.10. The van der Waals surface area contributed by atoms with Crippen molar-refractivity contribution in [3.05, 3.63) is 28.2 Å². The van der Waals surface area contributed by atoms with E-state index in [0.29, 0.717) is 0 Å². The lowest BCUT2D eigenvalue weighted by Gasteiger charge is -2.27. The van der Waals surface area contributed by atoms with Gasteiger partial charge in [-0.15, -0.1) is 0 Å². The van der Waals surface area contributed by atoms with Crippen LogP contribution in [0.5, 0.6) is 5.75 Å². The predicted molar refractivity (Wildman–Crippen MR) is 73.3 cm³/mol. The van der Waals surface area contributed by atoms with Gasteiger partial charge in [0.15, 0.2) is 0 Å². The zero-order valence-electron chi connectivity index (χ0n) is 10.6. The first-order valence-electron chi connectivity index (χ1n) is 5.73. The van der Waals surface area contributed by atoms with E-state index in [0.717, 1.165) is 28.8 Å². The van der Waals surface area contributed by atoms with Gasteiger partial charge in [-0.2, -0.15) is 0 Å². The number of ether oxygens (including phenoxy) is 1. The third-order valence-corrected chi connectivity index (χ3v) is 3.83. The number of nitrogens with one attached hydrogen (secondary N) is 1. The molecule has 0 radical (unpaired) electrons. The van der Waals surface area contributed by atoms with Gasteiger partial charge in [0.1, 0.15) is 5.75 Å². The number of halogens is 1. The fraction of sp³-hybridized carbons (Fsp3) is 0.538. The Labute approximate surface area is 111 Å². The molecule has 0 aliphatic carbocycles. The molecule has 1 unspecified atom stereocenters. The van der Waals surface area contributed by atoms with E-state index in [1.54, 1.807) is 7.11 Å². The fourth-order valence-electron chi connectivity index (χ4n) is 1.40. The van der Waals surface area contributed by atoms with Crippen molar-refractivity contribution < 1.29 is 9.84 Å². The van der Waals surface area contributed by atoms with Gasteiger partial charge < -0.3 is 15.2 Å². The fourth-order valence-corrected chi connectivity index (χ4v) is 1.90. The maximum Gasteiger partial charge on any atom is 0.120 e. The molecule has 0 amide bonds. The monoisotopic (exact) mass is 301 g/mol. The highest BCUT2D eigenvalue weighted by Gasteiger charge is 2.19. The average Bonchev–Trinajstić information content (AvgIpc) is 2.36. The Morgan fingerprint density at radius 2 is 2.18 bits per heavy atom. The van der Waals surface area contributed by atoms with Gasteiger partial charge in [0.05, 0.1) is 13.7 Å². The molecule has 0 aliphatic rings. The molecule has 1 rings (SSSR count). The Hall–Kier alpha value is -0.580. The second kappa shape index (κ2) is 6.38. The normalized spacial score (nSPS) is 14.4. The second-order valence-corrected chi connectivity index (χ2v) is 5.24. The van der Waals surface area contributed by atoms with Crippen LogP contribution in [-0.4, -0.2) is 24.4 Å². The number of benzene rings is 1. The molecule has 4 heteroatoms. The SMILES string of the molecule is CCC(C)(CO)NCc1ccc(OC)cc1Br. The molecule has 2 N–H and O–H groups in total. The molecule has 0 spiro atoms. The van der Waals surface area contributed by atoms with Crippen LogP contribution in [-0.2, 0) is 6.54 Å². The van der Waals surface area contributed by atoms with Gasteiger partial charge in [-0.05, 0) is 31.0 Å². The highest BCUT2D eigenvalue weighted by molar-refractivity contribution is 9.10. The van der Waals surface area contributed by atoms with Crippen LogP contribution < -0.4 is 10.1 Å². The zero-order chi connectivity index (χ0) is 12.9. The molecule has 0 bridgehead atoms. The van der Waals surface area contributed by atoms with Crippen LogP contribution in [0.2, 0.25) is 0 Å². The lowest BCUT2D eigenvalue weighted by Crippen LogP contribution is -2.44. The van der Waals surface area contributed by atoms with Crippen molar-refractivity contribution in [2.45, 2.75) is 32.4 Å². The molecule has 96 valence electrons. The zero-order valence-corrected chi connectivity index (χ0v) is 12.2. The summed E-state index contributed by atoms with van der Waals surface area (Å²) in [6.45, 7) is 4.93. The first-order valence-corrected chi connectivity index (χ1v) is 6.52. The number of hydrogen-bond donors (Lipinski definition) is 2. The Bertz CT molecular complexity index is 364. The van der Waals surface area contributed by atoms with Gasteiger partial charge in [0.2, 0.25) is 0 Å². The van der Waals surface area contributed by atoms with E-state index in [1.807, 2.05) is 25.1 Å². The summed E-state index contributed by atoms with van der Waals surface area (Å²) in [5, 5.41) is 12.7. The lowest BCUT2D eigenvalue weighted by molar-refractivity contribution is 0.169. The summed E-state index contributed by atoms with van der Waals surface area (Å²) >= 11 is 3.52. The molecule has 1 atom stereocenters. The van der Waals surface area contributed by atoms with Crippen molar-refractivity contribution >= 4 is 15.9 Å². The van der Waals surface area contributed by atoms with E-state index >= 15 is 0 Å². The highest BCUT2D eigenvalue weighted by atomic mass is 79.9. The molecular weight excluding hydrogens is 282 g/mol. The van der Waals surface area contributed by atoms with Crippen molar-refractivity contribution in [3.8, 4) is 5.75 Å². The van der Waals surface area contributed by atoms with E-state index in [2.05, 4.69) is 28.2 Å². The van der Waals surface area contributed by atoms with Crippen LogP contribution in [0.3, 0.4) is 0 Å². The third kappa shape index (κ3) is 3.98. The van der Waals surface area contributed by atoms with Crippen LogP contribution in [0.4, 0.5) is 0 Å². The lowest BCUT2D eigenvalue weighted by atomic mass is 10.00. The number of aliphatic hydroxyl groups is 1. The second-order valence-electron chi connectivity index (χ2n) is 4.38. The number of rotatable bonds is 6.